The third-order valence-electron chi connectivity index (χ3n) is 6.24. The molecule has 0 bridgehead atoms. The molecule has 12 heteroatoms. The van der Waals surface area contributed by atoms with Crippen LogP contribution in [0, 0.1) is 0 Å². The van der Waals surface area contributed by atoms with Crippen molar-refractivity contribution >= 4 is 73.2 Å². The normalized spacial score (nSPS) is 11.5. The lowest BCUT2D eigenvalue weighted by molar-refractivity contribution is 0.440. The third-order valence-corrected chi connectivity index (χ3v) is 10.6. The van der Waals surface area contributed by atoms with Crippen LogP contribution in [0.5, 0.6) is 0 Å². The Morgan fingerprint density at radius 1 is 0.385 bits per heavy atom. The number of unbranched alkanes of at least 4 members (excludes halogenated alkanes) is 6. The largest absolute Gasteiger partial charge is 0.336 e. The molecule has 0 saturated heterocycles. The molecule has 0 aromatic carbocycles. The van der Waals surface area contributed by atoms with E-state index < -0.39 is 17.1 Å². The fraction of sp³-hybridized carbons (Fsp3) is 0.889. The van der Waals surface area contributed by atoms with Gasteiger partial charge >= 0.3 is 17.1 Å². The average molecular weight is 658 g/mol. The van der Waals surface area contributed by atoms with E-state index in [9.17, 15) is 14.4 Å². The first-order valence-electron chi connectivity index (χ1n) is 14.6. The predicted molar refractivity (Wildman–Crippen MR) is 188 cm³/mol. The van der Waals surface area contributed by atoms with Crippen LogP contribution in [0.1, 0.15) is 77.0 Å². The maximum atomic E-state index is 13.2. The van der Waals surface area contributed by atoms with Crippen LogP contribution in [0.4, 0.5) is 0 Å². The van der Waals surface area contributed by atoms with Crippen molar-refractivity contribution in [3.8, 4) is 0 Å². The highest BCUT2D eigenvalue weighted by Crippen LogP contribution is 2.10. The molecule has 0 amide bonds. The van der Waals surface area contributed by atoms with Gasteiger partial charge in [-0.25, -0.2) is 28.1 Å². The first-order valence-corrected chi connectivity index (χ1v) is 19.9. The van der Waals surface area contributed by atoms with Crippen molar-refractivity contribution in [1.82, 2.24) is 13.7 Å². The second-order valence-corrected chi connectivity index (χ2v) is 14.6. The van der Waals surface area contributed by atoms with Gasteiger partial charge in [0, 0.05) is 19.6 Å². The van der Waals surface area contributed by atoms with Gasteiger partial charge in [-0.1, -0.05) is 19.3 Å². The van der Waals surface area contributed by atoms with E-state index >= 15 is 0 Å². The second kappa shape index (κ2) is 26.2. The van der Waals surface area contributed by atoms with Crippen molar-refractivity contribution in [2.24, 2.45) is 0 Å². The molecule has 0 fully saturated rings. The molecule has 0 aliphatic rings. The summed E-state index contributed by atoms with van der Waals surface area (Å²) in [5.74, 6) is 8.76. The van der Waals surface area contributed by atoms with Gasteiger partial charge in [0.05, 0.1) is 0 Å². The molecule has 0 aliphatic heterocycles. The molecular weight excluding hydrogens is 607 g/mol. The summed E-state index contributed by atoms with van der Waals surface area (Å²) in [4.78, 5) is 39.6. The number of thioether (sulfide) groups is 3. The van der Waals surface area contributed by atoms with Crippen molar-refractivity contribution < 1.29 is 0 Å². The van der Waals surface area contributed by atoms with Gasteiger partial charge in [0.2, 0.25) is 0 Å². The average Bonchev–Trinajstić information content (AvgIpc) is 2.93. The lowest BCUT2D eigenvalue weighted by Gasteiger charge is -2.14. The maximum absolute atomic E-state index is 13.2. The van der Waals surface area contributed by atoms with Crippen molar-refractivity contribution in [1.29, 1.82) is 0 Å². The fourth-order valence-electron chi connectivity index (χ4n) is 4.01. The summed E-state index contributed by atoms with van der Waals surface area (Å²) in [6.45, 7) is 1.09. The summed E-state index contributed by atoms with van der Waals surface area (Å²) in [7, 11) is 0. The van der Waals surface area contributed by atoms with Gasteiger partial charge in [0.15, 0.2) is 0 Å². The van der Waals surface area contributed by atoms with Crippen LogP contribution in [0.3, 0.4) is 0 Å². The van der Waals surface area contributed by atoms with Crippen molar-refractivity contribution in [3.63, 3.8) is 0 Å². The number of nitrogens with zero attached hydrogens (tertiary/aromatic N) is 3. The first kappa shape index (κ1) is 37.5. The molecule has 1 aromatic heterocycles. The fourth-order valence-corrected chi connectivity index (χ4v) is 7.52. The molecule has 0 unspecified atom stereocenters. The molecule has 0 saturated carbocycles. The van der Waals surface area contributed by atoms with E-state index in [0.29, 0.717) is 19.6 Å². The Bertz CT molecular complexity index is 762. The predicted octanol–water partition coefficient (Wildman–Crippen LogP) is 5.84. The van der Waals surface area contributed by atoms with Crippen molar-refractivity contribution in [3.05, 3.63) is 31.5 Å². The number of hydrogen-bond donors (Lipinski definition) is 3. The molecule has 1 aromatic rings. The molecule has 0 atom stereocenters. The number of rotatable bonds is 27. The molecule has 1 rings (SSSR count). The van der Waals surface area contributed by atoms with Gasteiger partial charge in [0.1, 0.15) is 0 Å². The van der Waals surface area contributed by atoms with Crippen LogP contribution in [-0.2, 0) is 19.6 Å². The maximum Gasteiger partial charge on any atom is 0.336 e. The highest BCUT2D eigenvalue weighted by molar-refractivity contribution is 7.99. The van der Waals surface area contributed by atoms with E-state index in [-0.39, 0.29) is 0 Å². The Kier molecular flexibility index (Phi) is 25.2. The van der Waals surface area contributed by atoms with Gasteiger partial charge in [0.25, 0.3) is 0 Å². The van der Waals surface area contributed by atoms with Gasteiger partial charge in [-0.2, -0.15) is 73.2 Å². The van der Waals surface area contributed by atoms with Crippen molar-refractivity contribution in [2.45, 2.75) is 96.7 Å². The van der Waals surface area contributed by atoms with Gasteiger partial charge in [-0.3, -0.25) is 0 Å². The standard InChI is InChI=1S/C27H51N3O3S6/c31-25-28(13-10-22-37-19-7-1-4-16-34)26(32)30(15-12-24-39-21-9-3-6-18-36)27(33)29(25)14-11-23-38-20-8-2-5-17-35/h34-36H,1-24H2. The summed E-state index contributed by atoms with van der Waals surface area (Å²) < 4.78 is 3.91. The summed E-state index contributed by atoms with van der Waals surface area (Å²) in [5.41, 5.74) is -1.34. The monoisotopic (exact) mass is 657 g/mol. The molecule has 6 nitrogen and oxygen atoms in total. The summed E-state index contributed by atoms with van der Waals surface area (Å²) in [6, 6.07) is 0. The topological polar surface area (TPSA) is 66.0 Å². The Morgan fingerprint density at radius 2 is 0.641 bits per heavy atom. The van der Waals surface area contributed by atoms with E-state index in [1.165, 1.54) is 52.2 Å². The van der Waals surface area contributed by atoms with Crippen LogP contribution in [-0.4, -0.2) is 65.5 Å². The van der Waals surface area contributed by atoms with Gasteiger partial charge in [-0.15, -0.1) is 0 Å². The Hall–Kier alpha value is 0.510. The van der Waals surface area contributed by atoms with Gasteiger partial charge < -0.3 is 0 Å². The molecule has 39 heavy (non-hydrogen) atoms. The van der Waals surface area contributed by atoms with Crippen LogP contribution < -0.4 is 17.1 Å². The Morgan fingerprint density at radius 3 is 0.897 bits per heavy atom. The van der Waals surface area contributed by atoms with E-state index in [2.05, 4.69) is 37.9 Å². The quantitative estimate of drug-likeness (QED) is 0.0817. The number of thiol groups is 3. The molecule has 228 valence electrons. The second-order valence-electron chi connectivity index (χ2n) is 9.55. The Balaban J connectivity index is 2.75. The third kappa shape index (κ3) is 17.3. The van der Waals surface area contributed by atoms with E-state index in [1.807, 2.05) is 35.3 Å². The molecule has 0 spiro atoms. The minimum atomic E-state index is -0.447. The van der Waals surface area contributed by atoms with Crippen molar-refractivity contribution in [2.75, 3.05) is 51.8 Å². The van der Waals surface area contributed by atoms with E-state index in [4.69, 9.17) is 0 Å². The van der Waals surface area contributed by atoms with Gasteiger partial charge in [-0.05, 0) is 110 Å². The lowest BCUT2D eigenvalue weighted by Crippen LogP contribution is -2.54. The minimum Gasteiger partial charge on any atom is -0.247 e. The van der Waals surface area contributed by atoms with Crippen LogP contribution in [0.2, 0.25) is 0 Å². The van der Waals surface area contributed by atoms with Crippen LogP contribution in [0.25, 0.3) is 0 Å². The number of aromatic nitrogens is 3. The molecule has 0 radical (unpaired) electrons. The first-order chi connectivity index (χ1) is 19.1. The van der Waals surface area contributed by atoms with Crippen LogP contribution >= 0.6 is 73.2 Å². The molecular formula is C27H51N3O3S6. The highest BCUT2D eigenvalue weighted by Gasteiger charge is 2.15. The molecule has 0 N–H and O–H groups in total. The van der Waals surface area contributed by atoms with Crippen LogP contribution in [0.15, 0.2) is 14.4 Å². The molecule has 1 heterocycles. The zero-order valence-electron chi connectivity index (χ0n) is 23.6. The minimum absolute atomic E-state index is 0.362. The zero-order valence-corrected chi connectivity index (χ0v) is 28.7. The Labute approximate surface area is 265 Å². The lowest BCUT2D eigenvalue weighted by atomic mass is 10.3. The zero-order chi connectivity index (χ0) is 28.6. The summed E-state index contributed by atoms with van der Waals surface area (Å²) in [5, 5.41) is 0. The summed E-state index contributed by atoms with van der Waals surface area (Å²) in [6.07, 6.45) is 12.7. The van der Waals surface area contributed by atoms with E-state index in [1.54, 1.807) is 0 Å². The smallest absolute Gasteiger partial charge is 0.247 e. The molecule has 0 aliphatic carbocycles. The van der Waals surface area contributed by atoms with E-state index in [0.717, 1.165) is 90.3 Å². The highest BCUT2D eigenvalue weighted by atomic mass is 32.2. The SMILES string of the molecule is O=c1n(CCCSCCCCCS)c(=O)n(CCCSCCCCCS)c(=O)n1CCCSCCCCCS. The summed E-state index contributed by atoms with van der Waals surface area (Å²) >= 11 is 18.4. The number of hydrogen-bond acceptors (Lipinski definition) is 9.